The molecule has 1 N–H and O–H groups in total. The van der Waals surface area contributed by atoms with Crippen LogP contribution in [0.2, 0.25) is 0 Å². The number of hydrogen-bond donors (Lipinski definition) is 1. The number of amides is 1. The fourth-order valence-electron chi connectivity index (χ4n) is 5.91. The Morgan fingerprint density at radius 2 is 1.68 bits per heavy atom. The molecule has 1 amide bonds. The molecule has 0 saturated heterocycles. The second kappa shape index (κ2) is 5.11. The summed E-state index contributed by atoms with van der Waals surface area (Å²) in [6, 6.07) is 6.28. The molecule has 22 heavy (non-hydrogen) atoms. The zero-order valence-corrected chi connectivity index (χ0v) is 13.8. The molecular formula is C20H27NO. The van der Waals surface area contributed by atoms with Crippen LogP contribution in [0.3, 0.4) is 0 Å². The lowest BCUT2D eigenvalue weighted by Crippen LogP contribution is -2.47. The largest absolute Gasteiger partial charge is 0.326 e. The Morgan fingerprint density at radius 1 is 1.09 bits per heavy atom. The van der Waals surface area contributed by atoms with Crippen molar-refractivity contribution < 1.29 is 4.79 Å². The molecule has 5 rings (SSSR count). The Morgan fingerprint density at radius 3 is 2.27 bits per heavy atom. The molecule has 4 fully saturated rings. The number of nitrogens with one attached hydrogen (secondary N) is 1. The van der Waals surface area contributed by atoms with Crippen LogP contribution in [0.15, 0.2) is 18.2 Å². The molecule has 1 aromatic carbocycles. The van der Waals surface area contributed by atoms with Gasteiger partial charge in [-0.1, -0.05) is 12.1 Å². The van der Waals surface area contributed by atoms with Crippen molar-refractivity contribution in [2.24, 2.45) is 23.2 Å². The van der Waals surface area contributed by atoms with Crippen LogP contribution in [0.4, 0.5) is 5.69 Å². The van der Waals surface area contributed by atoms with Gasteiger partial charge in [0.1, 0.15) is 0 Å². The van der Waals surface area contributed by atoms with Crippen molar-refractivity contribution in [3.8, 4) is 0 Å². The smallest absolute Gasteiger partial charge is 0.224 e. The molecule has 2 nitrogen and oxygen atoms in total. The molecule has 0 radical (unpaired) electrons. The van der Waals surface area contributed by atoms with Crippen molar-refractivity contribution in [3.63, 3.8) is 0 Å². The summed E-state index contributed by atoms with van der Waals surface area (Å²) in [6.07, 6.45) is 8.98. The zero-order valence-electron chi connectivity index (χ0n) is 13.8. The summed E-state index contributed by atoms with van der Waals surface area (Å²) in [4.78, 5) is 12.6. The van der Waals surface area contributed by atoms with E-state index >= 15 is 0 Å². The first-order valence-electron chi connectivity index (χ1n) is 8.88. The second-order valence-corrected chi connectivity index (χ2v) is 8.46. The highest BCUT2D eigenvalue weighted by Gasteiger charge is 2.51. The third-order valence-corrected chi connectivity index (χ3v) is 6.37. The SMILES string of the molecule is Cc1ccc(C)c(NC(=O)CC23CC4CC(CC(C4)C2)C3)c1. The molecule has 0 spiro atoms. The Hall–Kier alpha value is -1.31. The highest BCUT2D eigenvalue weighted by molar-refractivity contribution is 5.92. The number of aryl methyl sites for hydroxylation is 2. The number of anilines is 1. The Kier molecular flexibility index (Phi) is 3.32. The van der Waals surface area contributed by atoms with Gasteiger partial charge in [-0.2, -0.15) is 0 Å². The fraction of sp³-hybridized carbons (Fsp3) is 0.650. The molecule has 0 atom stereocenters. The van der Waals surface area contributed by atoms with Gasteiger partial charge in [0.05, 0.1) is 0 Å². The lowest BCUT2D eigenvalue weighted by molar-refractivity contribution is -0.124. The maximum Gasteiger partial charge on any atom is 0.224 e. The van der Waals surface area contributed by atoms with Gasteiger partial charge in [-0.3, -0.25) is 4.79 Å². The molecule has 0 aromatic heterocycles. The van der Waals surface area contributed by atoms with Gasteiger partial charge in [-0.15, -0.1) is 0 Å². The maximum absolute atomic E-state index is 12.6. The van der Waals surface area contributed by atoms with Gasteiger partial charge in [0.15, 0.2) is 0 Å². The summed E-state index contributed by atoms with van der Waals surface area (Å²) in [7, 11) is 0. The Balaban J connectivity index is 1.47. The highest BCUT2D eigenvalue weighted by atomic mass is 16.1. The number of carbonyl (C=O) groups is 1. The van der Waals surface area contributed by atoms with Crippen LogP contribution in [-0.2, 0) is 4.79 Å². The van der Waals surface area contributed by atoms with E-state index in [-0.39, 0.29) is 5.91 Å². The fourth-order valence-corrected chi connectivity index (χ4v) is 5.91. The predicted octanol–water partition coefficient (Wildman–Crippen LogP) is 4.85. The van der Waals surface area contributed by atoms with Crippen molar-refractivity contribution in [3.05, 3.63) is 29.3 Å². The molecule has 0 aliphatic heterocycles. The van der Waals surface area contributed by atoms with Crippen molar-refractivity contribution in [2.75, 3.05) is 5.32 Å². The van der Waals surface area contributed by atoms with E-state index in [2.05, 4.69) is 37.4 Å². The first kappa shape index (κ1) is 14.3. The van der Waals surface area contributed by atoms with Crippen LogP contribution in [0, 0.1) is 37.0 Å². The minimum atomic E-state index is 0.232. The van der Waals surface area contributed by atoms with Crippen LogP contribution in [0.1, 0.15) is 56.1 Å². The van der Waals surface area contributed by atoms with E-state index < -0.39 is 0 Å². The first-order valence-corrected chi connectivity index (χ1v) is 8.88. The normalized spacial score (nSPS) is 35.6. The summed E-state index contributed by atoms with van der Waals surface area (Å²) in [5.41, 5.74) is 3.69. The summed E-state index contributed by atoms with van der Waals surface area (Å²) in [6.45, 7) is 4.15. The van der Waals surface area contributed by atoms with Crippen LogP contribution < -0.4 is 5.32 Å². The summed E-state index contributed by atoms with van der Waals surface area (Å²) in [5.74, 6) is 2.98. The number of rotatable bonds is 3. The minimum absolute atomic E-state index is 0.232. The predicted molar refractivity (Wildman–Crippen MR) is 89.8 cm³/mol. The van der Waals surface area contributed by atoms with E-state index in [9.17, 15) is 4.79 Å². The van der Waals surface area contributed by atoms with Crippen molar-refractivity contribution >= 4 is 11.6 Å². The minimum Gasteiger partial charge on any atom is -0.326 e. The lowest BCUT2D eigenvalue weighted by atomic mass is 9.49. The lowest BCUT2D eigenvalue weighted by Gasteiger charge is -2.56. The van der Waals surface area contributed by atoms with Gasteiger partial charge in [0.2, 0.25) is 5.91 Å². The van der Waals surface area contributed by atoms with Gasteiger partial charge in [0, 0.05) is 12.1 Å². The van der Waals surface area contributed by atoms with Gasteiger partial charge in [0.25, 0.3) is 0 Å². The van der Waals surface area contributed by atoms with Crippen molar-refractivity contribution in [1.82, 2.24) is 0 Å². The average molecular weight is 297 g/mol. The van der Waals surface area contributed by atoms with Gasteiger partial charge in [-0.05, 0) is 92.7 Å². The zero-order chi connectivity index (χ0) is 15.3. The van der Waals surface area contributed by atoms with E-state index in [4.69, 9.17) is 0 Å². The van der Waals surface area contributed by atoms with Gasteiger partial charge < -0.3 is 5.32 Å². The molecular weight excluding hydrogens is 270 g/mol. The molecule has 4 aliphatic rings. The van der Waals surface area contributed by atoms with Gasteiger partial charge in [-0.25, -0.2) is 0 Å². The Labute approximate surface area is 133 Å². The molecule has 4 bridgehead atoms. The van der Waals surface area contributed by atoms with E-state index in [1.807, 2.05) is 0 Å². The third kappa shape index (κ3) is 2.57. The van der Waals surface area contributed by atoms with E-state index in [0.29, 0.717) is 5.41 Å². The number of benzene rings is 1. The second-order valence-electron chi connectivity index (χ2n) is 8.46. The summed E-state index contributed by atoms with van der Waals surface area (Å²) >= 11 is 0. The van der Waals surface area contributed by atoms with Crippen LogP contribution >= 0.6 is 0 Å². The quantitative estimate of drug-likeness (QED) is 0.849. The van der Waals surface area contributed by atoms with Crippen LogP contribution in [0.5, 0.6) is 0 Å². The standard InChI is InChI=1S/C20H27NO/c1-13-3-4-14(2)18(5-13)21-19(22)12-20-9-15-6-16(10-20)8-17(7-15)11-20/h3-5,15-17H,6-12H2,1-2H3,(H,21,22). The van der Waals surface area contributed by atoms with Crippen LogP contribution in [-0.4, -0.2) is 5.91 Å². The molecule has 0 unspecified atom stereocenters. The molecule has 4 saturated carbocycles. The summed E-state index contributed by atoms with van der Waals surface area (Å²) in [5, 5.41) is 3.19. The van der Waals surface area contributed by atoms with Crippen LogP contribution in [0.25, 0.3) is 0 Å². The third-order valence-electron chi connectivity index (χ3n) is 6.37. The monoisotopic (exact) mass is 297 g/mol. The molecule has 1 aromatic rings. The highest BCUT2D eigenvalue weighted by Crippen LogP contribution is 2.61. The van der Waals surface area contributed by atoms with Crippen molar-refractivity contribution in [1.29, 1.82) is 0 Å². The summed E-state index contributed by atoms with van der Waals surface area (Å²) < 4.78 is 0. The molecule has 0 heterocycles. The Bertz CT molecular complexity index is 568. The molecule has 2 heteroatoms. The van der Waals surface area contributed by atoms with E-state index in [0.717, 1.165) is 35.4 Å². The van der Waals surface area contributed by atoms with E-state index in [1.165, 1.54) is 44.1 Å². The average Bonchev–Trinajstić information content (AvgIpc) is 2.40. The number of carbonyl (C=O) groups excluding carboxylic acids is 1. The topological polar surface area (TPSA) is 29.1 Å². The van der Waals surface area contributed by atoms with E-state index in [1.54, 1.807) is 0 Å². The number of hydrogen-bond acceptors (Lipinski definition) is 1. The first-order chi connectivity index (χ1) is 10.5. The maximum atomic E-state index is 12.6. The van der Waals surface area contributed by atoms with Crippen molar-refractivity contribution in [2.45, 2.75) is 58.8 Å². The molecule has 4 aliphatic carbocycles. The van der Waals surface area contributed by atoms with Gasteiger partial charge >= 0.3 is 0 Å². The molecule has 118 valence electrons.